The third-order valence-electron chi connectivity index (χ3n) is 5.57. The summed E-state index contributed by atoms with van der Waals surface area (Å²) < 4.78 is 5.40. The Morgan fingerprint density at radius 3 is 2.53 bits per heavy atom. The van der Waals surface area contributed by atoms with Crippen LogP contribution in [0.1, 0.15) is 36.0 Å². The third-order valence-corrected chi connectivity index (χ3v) is 5.57. The molecular weight excluding hydrogens is 423 g/mol. The molecule has 1 saturated carbocycles. The van der Waals surface area contributed by atoms with Crippen LogP contribution in [0.5, 0.6) is 5.75 Å². The van der Waals surface area contributed by atoms with Crippen molar-refractivity contribution < 1.29 is 9.53 Å². The monoisotopic (exact) mass is 452 g/mol. The van der Waals surface area contributed by atoms with Crippen molar-refractivity contribution in [3.63, 3.8) is 0 Å². The number of pyridine rings is 1. The van der Waals surface area contributed by atoms with E-state index in [1.54, 1.807) is 13.3 Å². The molecule has 2 fully saturated rings. The number of hydrogen-bond donors (Lipinski definition) is 2. The van der Waals surface area contributed by atoms with Gasteiger partial charge in [0.15, 0.2) is 0 Å². The zero-order valence-corrected chi connectivity index (χ0v) is 18.8. The van der Waals surface area contributed by atoms with Gasteiger partial charge in [0.05, 0.1) is 18.4 Å². The van der Waals surface area contributed by atoms with Crippen LogP contribution in [0.2, 0.25) is 0 Å². The van der Waals surface area contributed by atoms with Crippen LogP contribution >= 0.6 is 24.8 Å². The molecule has 0 bridgehead atoms. The molecule has 30 heavy (non-hydrogen) atoms. The van der Waals surface area contributed by atoms with Crippen molar-refractivity contribution in [1.82, 2.24) is 15.2 Å². The zero-order valence-electron chi connectivity index (χ0n) is 17.2. The Kier molecular flexibility index (Phi) is 9.21. The van der Waals surface area contributed by atoms with E-state index in [1.165, 1.54) is 12.8 Å². The largest absolute Gasteiger partial charge is 0.495 e. The summed E-state index contributed by atoms with van der Waals surface area (Å²) >= 11 is 0. The Bertz CT molecular complexity index is 824. The maximum atomic E-state index is 13.1. The number of nitrogens with one attached hydrogen (secondary N) is 2. The van der Waals surface area contributed by atoms with Gasteiger partial charge in [-0.2, -0.15) is 0 Å². The van der Waals surface area contributed by atoms with Gasteiger partial charge in [-0.05, 0) is 62.4 Å². The summed E-state index contributed by atoms with van der Waals surface area (Å²) in [6.45, 7) is 2.70. The number of piperidine rings is 1. The van der Waals surface area contributed by atoms with Gasteiger partial charge in [0, 0.05) is 25.3 Å². The highest BCUT2D eigenvalue weighted by atomic mass is 35.5. The molecule has 2 aliphatic rings. The number of para-hydroxylation sites is 2. The number of rotatable bonds is 7. The second kappa shape index (κ2) is 11.4. The molecule has 2 heterocycles. The molecule has 1 aliphatic heterocycles. The summed E-state index contributed by atoms with van der Waals surface area (Å²) in [6.07, 6.45) is 6.45. The minimum atomic E-state index is 0. The van der Waals surface area contributed by atoms with Crippen molar-refractivity contribution in [2.45, 2.75) is 31.7 Å². The lowest BCUT2D eigenvalue weighted by molar-refractivity contribution is 0.0705. The van der Waals surface area contributed by atoms with E-state index in [1.807, 2.05) is 41.3 Å². The van der Waals surface area contributed by atoms with Gasteiger partial charge in [0.25, 0.3) is 5.91 Å². The maximum absolute atomic E-state index is 13.1. The van der Waals surface area contributed by atoms with Crippen LogP contribution in [0, 0.1) is 5.92 Å². The highest BCUT2D eigenvalue weighted by Crippen LogP contribution is 2.29. The molecule has 2 aromatic rings. The second-order valence-electron chi connectivity index (χ2n) is 7.64. The molecule has 0 spiro atoms. The Morgan fingerprint density at radius 1 is 1.10 bits per heavy atom. The number of benzene rings is 1. The average molecular weight is 453 g/mol. The molecule has 2 N–H and O–H groups in total. The van der Waals surface area contributed by atoms with Crippen LogP contribution in [0.4, 0.5) is 11.5 Å². The fourth-order valence-electron chi connectivity index (χ4n) is 3.67. The van der Waals surface area contributed by atoms with Crippen molar-refractivity contribution >= 4 is 42.2 Å². The van der Waals surface area contributed by atoms with Crippen LogP contribution in [0.3, 0.4) is 0 Å². The summed E-state index contributed by atoms with van der Waals surface area (Å²) in [4.78, 5) is 19.5. The highest BCUT2D eigenvalue weighted by molar-refractivity contribution is 5.99. The Hall–Kier alpha value is -2.02. The molecular formula is C22H30Cl2N4O2. The van der Waals surface area contributed by atoms with E-state index < -0.39 is 0 Å². The minimum Gasteiger partial charge on any atom is -0.495 e. The van der Waals surface area contributed by atoms with Crippen molar-refractivity contribution in [2.24, 2.45) is 5.92 Å². The molecule has 8 heteroatoms. The quantitative estimate of drug-likeness (QED) is 0.655. The first-order valence-corrected chi connectivity index (χ1v) is 10.1. The number of ether oxygens (including phenoxy) is 1. The van der Waals surface area contributed by atoms with E-state index in [4.69, 9.17) is 4.74 Å². The van der Waals surface area contributed by atoms with Gasteiger partial charge < -0.3 is 20.3 Å². The van der Waals surface area contributed by atoms with E-state index in [0.29, 0.717) is 23.2 Å². The van der Waals surface area contributed by atoms with Crippen LogP contribution in [-0.4, -0.2) is 48.6 Å². The average Bonchev–Trinajstić information content (AvgIpc) is 3.57. The fraction of sp³-hybridized carbons (Fsp3) is 0.455. The van der Waals surface area contributed by atoms with Crippen molar-refractivity contribution in [3.8, 4) is 5.75 Å². The third kappa shape index (κ3) is 6.00. The van der Waals surface area contributed by atoms with E-state index in [0.717, 1.165) is 44.1 Å². The van der Waals surface area contributed by atoms with Crippen molar-refractivity contribution in [3.05, 3.63) is 48.2 Å². The van der Waals surface area contributed by atoms with Gasteiger partial charge in [-0.1, -0.05) is 12.1 Å². The van der Waals surface area contributed by atoms with Gasteiger partial charge in [-0.3, -0.25) is 4.79 Å². The summed E-state index contributed by atoms with van der Waals surface area (Å²) in [5.41, 5.74) is 1.39. The van der Waals surface area contributed by atoms with E-state index in [9.17, 15) is 4.79 Å². The van der Waals surface area contributed by atoms with Crippen LogP contribution in [0.15, 0.2) is 42.6 Å². The van der Waals surface area contributed by atoms with E-state index >= 15 is 0 Å². The number of methoxy groups -OCH3 is 1. The predicted molar refractivity (Wildman–Crippen MR) is 125 cm³/mol. The lowest BCUT2D eigenvalue weighted by atomic mass is 10.0. The number of aromatic nitrogens is 1. The minimum absolute atomic E-state index is 0. The number of hydrogen-bond acceptors (Lipinski definition) is 5. The SMILES string of the molecule is COc1ccccc1Nc1ncccc1C(=O)N1CCC(NCC2CC2)CC1.Cl.Cl. The smallest absolute Gasteiger partial charge is 0.257 e. The van der Waals surface area contributed by atoms with Gasteiger partial charge in [-0.25, -0.2) is 4.98 Å². The van der Waals surface area contributed by atoms with Crippen LogP contribution in [0.25, 0.3) is 0 Å². The predicted octanol–water partition coefficient (Wildman–Crippen LogP) is 4.28. The number of likely N-dealkylation sites (tertiary alicyclic amines) is 1. The highest BCUT2D eigenvalue weighted by Gasteiger charge is 2.27. The molecule has 1 aliphatic carbocycles. The number of anilines is 2. The van der Waals surface area contributed by atoms with Gasteiger partial charge >= 0.3 is 0 Å². The Morgan fingerprint density at radius 2 is 1.83 bits per heavy atom. The molecule has 1 saturated heterocycles. The number of carbonyl (C=O) groups is 1. The normalized spacial score (nSPS) is 16.2. The summed E-state index contributed by atoms with van der Waals surface area (Å²) in [5.74, 6) is 2.20. The summed E-state index contributed by atoms with van der Waals surface area (Å²) in [7, 11) is 1.63. The molecule has 6 nitrogen and oxygen atoms in total. The fourth-order valence-corrected chi connectivity index (χ4v) is 3.67. The molecule has 1 amide bonds. The number of carbonyl (C=O) groups excluding carboxylic acids is 1. The van der Waals surface area contributed by atoms with E-state index in [2.05, 4.69) is 15.6 Å². The molecule has 1 aromatic carbocycles. The van der Waals surface area contributed by atoms with Gasteiger partial charge in [0.1, 0.15) is 11.6 Å². The molecule has 0 unspecified atom stereocenters. The summed E-state index contributed by atoms with van der Waals surface area (Å²) in [5, 5.41) is 6.93. The number of halogens is 2. The molecule has 164 valence electrons. The summed E-state index contributed by atoms with van der Waals surface area (Å²) in [6, 6.07) is 11.8. The number of nitrogens with zero attached hydrogens (tertiary/aromatic N) is 2. The van der Waals surface area contributed by atoms with Crippen molar-refractivity contribution in [2.75, 3.05) is 32.1 Å². The Labute approximate surface area is 190 Å². The maximum Gasteiger partial charge on any atom is 0.257 e. The Balaban J connectivity index is 0.00000160. The lowest BCUT2D eigenvalue weighted by Crippen LogP contribution is -2.45. The van der Waals surface area contributed by atoms with Gasteiger partial charge in [0.2, 0.25) is 0 Å². The van der Waals surface area contributed by atoms with Crippen LogP contribution in [-0.2, 0) is 0 Å². The van der Waals surface area contributed by atoms with Gasteiger partial charge in [-0.15, -0.1) is 24.8 Å². The number of amides is 1. The zero-order chi connectivity index (χ0) is 19.3. The second-order valence-corrected chi connectivity index (χ2v) is 7.64. The topological polar surface area (TPSA) is 66.5 Å². The first kappa shape index (κ1) is 24.3. The molecule has 0 atom stereocenters. The van der Waals surface area contributed by atoms with Crippen LogP contribution < -0.4 is 15.4 Å². The van der Waals surface area contributed by atoms with Crippen molar-refractivity contribution in [1.29, 1.82) is 0 Å². The first-order chi connectivity index (χ1) is 13.7. The molecule has 1 aromatic heterocycles. The molecule has 0 radical (unpaired) electrons. The van der Waals surface area contributed by atoms with E-state index in [-0.39, 0.29) is 30.7 Å². The lowest BCUT2D eigenvalue weighted by Gasteiger charge is -2.33. The first-order valence-electron chi connectivity index (χ1n) is 10.1. The standard InChI is InChI=1S/C22H28N4O2.2ClH/c1-28-20-7-3-2-6-19(20)25-21-18(5-4-12-23-21)22(27)26-13-10-17(11-14-26)24-15-16-8-9-16;;/h2-7,12,16-17,24H,8-11,13-15H2,1H3,(H,23,25);2*1H. The molecule has 4 rings (SSSR count).